The zero-order valence-corrected chi connectivity index (χ0v) is 18.2. The first-order chi connectivity index (χ1) is 13.8. The van der Waals surface area contributed by atoms with Gasteiger partial charge in [-0.3, -0.25) is 9.59 Å². The highest BCUT2D eigenvalue weighted by molar-refractivity contribution is 7.89. The average Bonchev–Trinajstić information content (AvgIpc) is 2.78. The summed E-state index contributed by atoms with van der Waals surface area (Å²) >= 11 is 0. The Balaban J connectivity index is 1.65. The molecule has 2 fully saturated rings. The van der Waals surface area contributed by atoms with Crippen LogP contribution in [0.5, 0.6) is 0 Å². The Morgan fingerprint density at radius 1 is 0.966 bits per heavy atom. The number of hydrogen-bond donors (Lipinski definition) is 0. The van der Waals surface area contributed by atoms with Gasteiger partial charge in [0.2, 0.25) is 15.9 Å². The fourth-order valence-electron chi connectivity index (χ4n) is 4.14. The molecule has 1 saturated heterocycles. The first-order valence-corrected chi connectivity index (χ1v) is 11.9. The van der Waals surface area contributed by atoms with Gasteiger partial charge >= 0.3 is 0 Å². The van der Waals surface area contributed by atoms with Crippen LogP contribution in [0.15, 0.2) is 29.2 Å². The number of carbonyl (C=O) groups excluding carboxylic acids is 2. The van der Waals surface area contributed by atoms with Crippen molar-refractivity contribution in [3.8, 4) is 0 Å². The van der Waals surface area contributed by atoms with Crippen molar-refractivity contribution >= 4 is 21.8 Å². The Labute approximate surface area is 173 Å². The van der Waals surface area contributed by atoms with Crippen LogP contribution in [0.1, 0.15) is 55.8 Å². The van der Waals surface area contributed by atoms with E-state index in [-0.39, 0.29) is 22.8 Å². The van der Waals surface area contributed by atoms with Gasteiger partial charge < -0.3 is 9.80 Å². The molecule has 1 saturated carbocycles. The second-order valence-corrected chi connectivity index (χ2v) is 9.86. The van der Waals surface area contributed by atoms with Gasteiger partial charge in [-0.05, 0) is 37.1 Å². The number of sulfonamides is 1. The molecule has 0 radical (unpaired) electrons. The van der Waals surface area contributed by atoms with Crippen LogP contribution < -0.4 is 0 Å². The van der Waals surface area contributed by atoms with Gasteiger partial charge in [0, 0.05) is 51.3 Å². The molecule has 1 aliphatic heterocycles. The van der Waals surface area contributed by atoms with Gasteiger partial charge in [0.05, 0.1) is 4.90 Å². The lowest BCUT2D eigenvalue weighted by molar-refractivity contribution is -0.132. The molecule has 160 valence electrons. The highest BCUT2D eigenvalue weighted by Crippen LogP contribution is 2.26. The van der Waals surface area contributed by atoms with Crippen molar-refractivity contribution < 1.29 is 18.0 Å². The fraction of sp³-hybridized carbons (Fsp3) is 0.619. The van der Waals surface area contributed by atoms with E-state index in [1.807, 2.05) is 6.92 Å². The predicted molar refractivity (Wildman–Crippen MR) is 111 cm³/mol. The van der Waals surface area contributed by atoms with Crippen LogP contribution in [0, 0.1) is 0 Å². The normalized spacial score (nSPS) is 18.9. The molecule has 0 spiro atoms. The summed E-state index contributed by atoms with van der Waals surface area (Å²) in [6.07, 6.45) is 5.57. The van der Waals surface area contributed by atoms with Gasteiger partial charge in [0.1, 0.15) is 0 Å². The van der Waals surface area contributed by atoms with Crippen molar-refractivity contribution in [2.45, 2.75) is 56.4 Å². The van der Waals surface area contributed by atoms with Crippen LogP contribution in [-0.4, -0.2) is 73.6 Å². The minimum atomic E-state index is -3.56. The lowest BCUT2D eigenvalue weighted by atomic mass is 9.96. The highest BCUT2D eigenvalue weighted by atomic mass is 32.2. The van der Waals surface area contributed by atoms with Crippen LogP contribution in [0.25, 0.3) is 0 Å². The third kappa shape index (κ3) is 4.80. The van der Waals surface area contributed by atoms with E-state index in [1.54, 1.807) is 29.0 Å². The van der Waals surface area contributed by atoms with Crippen molar-refractivity contribution in [3.63, 3.8) is 0 Å². The van der Waals surface area contributed by atoms with Crippen LogP contribution in [0.2, 0.25) is 0 Å². The summed E-state index contributed by atoms with van der Waals surface area (Å²) in [6.45, 7) is 3.90. The smallest absolute Gasteiger partial charge is 0.253 e. The van der Waals surface area contributed by atoms with E-state index in [1.165, 1.54) is 22.9 Å². The Hall–Kier alpha value is -1.93. The number of piperazine rings is 1. The topological polar surface area (TPSA) is 78.0 Å². The van der Waals surface area contributed by atoms with E-state index in [9.17, 15) is 18.0 Å². The van der Waals surface area contributed by atoms with Gasteiger partial charge in [-0.15, -0.1) is 0 Å². The van der Waals surface area contributed by atoms with Crippen LogP contribution in [0.3, 0.4) is 0 Å². The number of nitrogens with zero attached hydrogens (tertiary/aromatic N) is 3. The van der Waals surface area contributed by atoms with Crippen LogP contribution in [0.4, 0.5) is 0 Å². The van der Waals surface area contributed by atoms with E-state index in [4.69, 9.17) is 0 Å². The van der Waals surface area contributed by atoms with Crippen molar-refractivity contribution in [3.05, 3.63) is 29.8 Å². The SMILES string of the molecule is CCC(=O)N1CCN(C(=O)c2ccc(S(=O)(=O)N(C)C3CCCCC3)cc2)CC1. The minimum absolute atomic E-state index is 0.0529. The number of hydrogen-bond acceptors (Lipinski definition) is 4. The fourth-order valence-corrected chi connectivity index (χ4v) is 5.56. The Morgan fingerprint density at radius 3 is 2.07 bits per heavy atom. The molecule has 2 aliphatic rings. The maximum absolute atomic E-state index is 12.9. The second kappa shape index (κ2) is 9.26. The summed E-state index contributed by atoms with van der Waals surface area (Å²) in [5, 5.41) is 0. The third-order valence-electron chi connectivity index (χ3n) is 6.09. The molecule has 1 aliphatic carbocycles. The molecule has 0 aromatic heterocycles. The molecule has 3 rings (SSSR count). The predicted octanol–water partition coefficient (Wildman–Crippen LogP) is 2.33. The van der Waals surface area contributed by atoms with Crippen LogP contribution >= 0.6 is 0 Å². The summed E-state index contributed by atoms with van der Waals surface area (Å²) in [7, 11) is -1.91. The average molecular weight is 422 g/mol. The van der Waals surface area contributed by atoms with Gasteiger partial charge in [0.25, 0.3) is 5.91 Å². The minimum Gasteiger partial charge on any atom is -0.339 e. The molecule has 2 amide bonds. The summed E-state index contributed by atoms with van der Waals surface area (Å²) in [4.78, 5) is 28.2. The third-order valence-corrected chi connectivity index (χ3v) is 8.01. The lowest BCUT2D eigenvalue weighted by Gasteiger charge is -2.34. The van der Waals surface area contributed by atoms with Crippen molar-refractivity contribution in [2.75, 3.05) is 33.2 Å². The Morgan fingerprint density at radius 2 is 1.52 bits per heavy atom. The molecular weight excluding hydrogens is 390 g/mol. The van der Waals surface area contributed by atoms with E-state index in [0.717, 1.165) is 25.7 Å². The Kier molecular flexibility index (Phi) is 6.95. The Bertz CT molecular complexity index is 824. The summed E-state index contributed by atoms with van der Waals surface area (Å²) in [6, 6.07) is 6.29. The standard InChI is InChI=1S/C21H31N3O4S/c1-3-20(25)23-13-15-24(16-14-23)21(26)17-9-11-19(12-10-17)29(27,28)22(2)18-7-5-4-6-8-18/h9-12,18H,3-8,13-16H2,1-2H3. The second-order valence-electron chi connectivity index (χ2n) is 7.86. The number of carbonyl (C=O) groups is 2. The molecule has 1 aromatic rings. The number of benzene rings is 1. The molecular formula is C21H31N3O4S. The number of amides is 2. The largest absolute Gasteiger partial charge is 0.339 e. The van der Waals surface area contributed by atoms with Gasteiger partial charge in [-0.1, -0.05) is 26.2 Å². The first kappa shape index (κ1) is 21.8. The zero-order valence-electron chi connectivity index (χ0n) is 17.3. The quantitative estimate of drug-likeness (QED) is 0.731. The monoisotopic (exact) mass is 421 g/mol. The van der Waals surface area contributed by atoms with Gasteiger partial charge in [-0.25, -0.2) is 8.42 Å². The molecule has 0 N–H and O–H groups in total. The van der Waals surface area contributed by atoms with Crippen LogP contribution in [-0.2, 0) is 14.8 Å². The van der Waals surface area contributed by atoms with E-state index in [2.05, 4.69) is 0 Å². The molecule has 7 nitrogen and oxygen atoms in total. The maximum atomic E-state index is 12.9. The van der Waals surface area contributed by atoms with Crippen molar-refractivity contribution in [2.24, 2.45) is 0 Å². The van der Waals surface area contributed by atoms with Crippen molar-refractivity contribution in [1.29, 1.82) is 0 Å². The zero-order chi connectivity index (χ0) is 21.0. The number of rotatable bonds is 5. The lowest BCUT2D eigenvalue weighted by Crippen LogP contribution is -2.50. The van der Waals surface area contributed by atoms with Gasteiger partial charge in [-0.2, -0.15) is 4.31 Å². The molecule has 29 heavy (non-hydrogen) atoms. The molecule has 0 unspecified atom stereocenters. The molecule has 1 aromatic carbocycles. The summed E-state index contributed by atoms with van der Waals surface area (Å²) in [5.41, 5.74) is 0.472. The summed E-state index contributed by atoms with van der Waals surface area (Å²) < 4.78 is 27.4. The first-order valence-electron chi connectivity index (χ1n) is 10.5. The van der Waals surface area contributed by atoms with Crippen molar-refractivity contribution in [1.82, 2.24) is 14.1 Å². The van der Waals surface area contributed by atoms with E-state index >= 15 is 0 Å². The molecule has 1 heterocycles. The highest BCUT2D eigenvalue weighted by Gasteiger charge is 2.29. The van der Waals surface area contributed by atoms with Gasteiger partial charge in [0.15, 0.2) is 0 Å². The summed E-state index contributed by atoms with van der Waals surface area (Å²) in [5.74, 6) is -0.0214. The van der Waals surface area contributed by atoms with E-state index in [0.29, 0.717) is 38.2 Å². The molecule has 8 heteroatoms. The molecule has 0 bridgehead atoms. The molecule has 0 atom stereocenters. The maximum Gasteiger partial charge on any atom is 0.253 e. The van der Waals surface area contributed by atoms with E-state index < -0.39 is 10.0 Å².